The summed E-state index contributed by atoms with van der Waals surface area (Å²) in [4.78, 5) is 10.7. The number of benzene rings is 3. The first-order valence-electron chi connectivity index (χ1n) is 14.6. The van der Waals surface area contributed by atoms with Gasteiger partial charge in [-0.05, 0) is 54.8 Å². The molecule has 1 aliphatic heterocycles. The number of hydrogen-bond donors (Lipinski definition) is 3. The van der Waals surface area contributed by atoms with Gasteiger partial charge in [-0.25, -0.2) is 4.79 Å². The molecular formula is C33H42N2O7. The number of amides is 1. The fourth-order valence-corrected chi connectivity index (χ4v) is 5.06. The zero-order valence-electron chi connectivity index (χ0n) is 24.3. The number of hydrogen-bond acceptors (Lipinski definition) is 7. The second kappa shape index (κ2) is 17.2. The van der Waals surface area contributed by atoms with Crippen molar-refractivity contribution in [3.63, 3.8) is 0 Å². The largest absolute Gasteiger partial charge is 0.496 e. The Morgan fingerprint density at radius 2 is 1.67 bits per heavy atom. The van der Waals surface area contributed by atoms with Gasteiger partial charge in [0.15, 0.2) is 0 Å². The van der Waals surface area contributed by atoms with E-state index in [1.807, 2.05) is 60.7 Å². The summed E-state index contributed by atoms with van der Waals surface area (Å²) in [7, 11) is 1.67. The number of rotatable bonds is 17. The van der Waals surface area contributed by atoms with Crippen LogP contribution in [0.1, 0.15) is 35.4 Å². The van der Waals surface area contributed by atoms with E-state index < -0.39 is 6.09 Å². The lowest BCUT2D eigenvalue weighted by Crippen LogP contribution is -2.41. The highest BCUT2D eigenvalue weighted by Crippen LogP contribution is 2.29. The van der Waals surface area contributed by atoms with Gasteiger partial charge >= 0.3 is 6.09 Å². The third-order valence-electron chi connectivity index (χ3n) is 7.20. The maximum absolute atomic E-state index is 10.7. The first kappa shape index (κ1) is 31.2. The van der Waals surface area contributed by atoms with Gasteiger partial charge in [-0.15, -0.1) is 0 Å². The summed E-state index contributed by atoms with van der Waals surface area (Å²) in [6.07, 6.45) is 1.38. The van der Waals surface area contributed by atoms with Gasteiger partial charge in [-0.2, -0.15) is 0 Å². The quantitative estimate of drug-likeness (QED) is 0.192. The number of para-hydroxylation sites is 2. The summed E-state index contributed by atoms with van der Waals surface area (Å²) in [5, 5.41) is 14.6. The molecule has 9 heteroatoms. The molecule has 3 N–H and O–H groups in total. The van der Waals surface area contributed by atoms with Gasteiger partial charge in [0, 0.05) is 31.0 Å². The van der Waals surface area contributed by atoms with Crippen LogP contribution >= 0.6 is 0 Å². The van der Waals surface area contributed by atoms with Crippen molar-refractivity contribution in [2.45, 2.75) is 37.9 Å². The summed E-state index contributed by atoms with van der Waals surface area (Å²) in [6.45, 7) is 4.67. The summed E-state index contributed by atoms with van der Waals surface area (Å²) in [6, 6.07) is 23.9. The second-order valence-corrected chi connectivity index (χ2v) is 10.1. The van der Waals surface area contributed by atoms with Crippen molar-refractivity contribution in [3.8, 4) is 17.2 Å². The van der Waals surface area contributed by atoms with Crippen molar-refractivity contribution in [1.82, 2.24) is 10.6 Å². The predicted molar refractivity (Wildman–Crippen MR) is 161 cm³/mol. The molecule has 0 aromatic heterocycles. The van der Waals surface area contributed by atoms with Gasteiger partial charge in [-0.1, -0.05) is 48.5 Å². The molecule has 1 saturated heterocycles. The van der Waals surface area contributed by atoms with Crippen LogP contribution in [0.25, 0.3) is 0 Å². The van der Waals surface area contributed by atoms with E-state index in [1.54, 1.807) is 7.11 Å². The molecule has 0 radical (unpaired) electrons. The Kier molecular flexibility index (Phi) is 12.8. The molecule has 3 aromatic rings. The average molecular weight is 579 g/mol. The van der Waals surface area contributed by atoms with Gasteiger partial charge in [0.25, 0.3) is 0 Å². The van der Waals surface area contributed by atoms with Gasteiger partial charge in [0.2, 0.25) is 0 Å². The van der Waals surface area contributed by atoms with Crippen LogP contribution < -0.4 is 24.8 Å². The number of ether oxygens (including phenoxy) is 5. The maximum atomic E-state index is 10.7. The van der Waals surface area contributed by atoms with E-state index in [1.165, 1.54) is 5.56 Å². The van der Waals surface area contributed by atoms with E-state index in [0.717, 1.165) is 54.3 Å². The molecule has 0 saturated carbocycles. The van der Waals surface area contributed by atoms with Crippen LogP contribution in [-0.2, 0) is 22.5 Å². The Labute approximate surface area is 248 Å². The third kappa shape index (κ3) is 9.94. The molecular weight excluding hydrogens is 536 g/mol. The molecule has 0 spiro atoms. The van der Waals surface area contributed by atoms with Crippen molar-refractivity contribution < 1.29 is 33.6 Å². The summed E-state index contributed by atoms with van der Waals surface area (Å²) in [5.74, 6) is 2.73. The lowest BCUT2D eigenvalue weighted by atomic mass is 9.88. The Bertz CT molecular complexity index is 1220. The van der Waals surface area contributed by atoms with Crippen LogP contribution in [-0.4, -0.2) is 70.5 Å². The lowest BCUT2D eigenvalue weighted by Gasteiger charge is -2.32. The minimum absolute atomic E-state index is 0.0458. The summed E-state index contributed by atoms with van der Waals surface area (Å²) < 4.78 is 29.4. The SMILES string of the molecule is COc1ccccc1COCCCOc1ccc(C2CCNCC2OCCOc2ccccc2CCNC(=O)O)cc1. The normalized spacial score (nSPS) is 16.5. The molecule has 4 rings (SSSR count). The minimum Gasteiger partial charge on any atom is -0.496 e. The van der Waals surface area contributed by atoms with Gasteiger partial charge in [-0.3, -0.25) is 0 Å². The van der Waals surface area contributed by atoms with E-state index in [4.69, 9.17) is 28.8 Å². The third-order valence-corrected chi connectivity index (χ3v) is 7.20. The topological polar surface area (TPSA) is 108 Å². The number of methoxy groups -OCH3 is 1. The van der Waals surface area contributed by atoms with Crippen LogP contribution in [0.4, 0.5) is 4.79 Å². The highest BCUT2D eigenvalue weighted by molar-refractivity contribution is 5.64. The van der Waals surface area contributed by atoms with Gasteiger partial charge in [0.1, 0.15) is 23.9 Å². The van der Waals surface area contributed by atoms with E-state index in [9.17, 15) is 4.79 Å². The van der Waals surface area contributed by atoms with Crippen molar-refractivity contribution in [1.29, 1.82) is 0 Å². The predicted octanol–water partition coefficient (Wildman–Crippen LogP) is 5.03. The molecule has 0 bridgehead atoms. The van der Waals surface area contributed by atoms with Crippen molar-refractivity contribution in [2.24, 2.45) is 0 Å². The van der Waals surface area contributed by atoms with E-state index in [-0.39, 0.29) is 12.0 Å². The van der Waals surface area contributed by atoms with Gasteiger partial charge in [0.05, 0.1) is 39.6 Å². The molecule has 226 valence electrons. The average Bonchev–Trinajstić information content (AvgIpc) is 3.02. The molecule has 1 heterocycles. The highest BCUT2D eigenvalue weighted by atomic mass is 16.5. The van der Waals surface area contributed by atoms with Crippen molar-refractivity contribution in [2.75, 3.05) is 53.2 Å². The zero-order valence-corrected chi connectivity index (χ0v) is 24.3. The smallest absolute Gasteiger partial charge is 0.404 e. The monoisotopic (exact) mass is 578 g/mol. The van der Waals surface area contributed by atoms with E-state index >= 15 is 0 Å². The molecule has 9 nitrogen and oxygen atoms in total. The Morgan fingerprint density at radius 3 is 2.45 bits per heavy atom. The van der Waals surface area contributed by atoms with Gasteiger partial charge < -0.3 is 39.4 Å². The fourth-order valence-electron chi connectivity index (χ4n) is 5.06. The molecule has 1 fully saturated rings. The second-order valence-electron chi connectivity index (χ2n) is 10.1. The lowest BCUT2D eigenvalue weighted by molar-refractivity contribution is 0.00721. The Hall–Kier alpha value is -3.79. The molecule has 0 aliphatic carbocycles. The fraction of sp³-hybridized carbons (Fsp3) is 0.424. The van der Waals surface area contributed by atoms with Crippen LogP contribution in [0.5, 0.6) is 17.2 Å². The number of carboxylic acid groups (broad SMARTS) is 1. The minimum atomic E-state index is -1.03. The molecule has 2 unspecified atom stereocenters. The summed E-state index contributed by atoms with van der Waals surface area (Å²) in [5.41, 5.74) is 3.25. The molecule has 42 heavy (non-hydrogen) atoms. The Balaban J connectivity index is 1.17. The van der Waals surface area contributed by atoms with Crippen molar-refractivity contribution in [3.05, 3.63) is 89.5 Å². The van der Waals surface area contributed by atoms with E-state index in [0.29, 0.717) is 46.0 Å². The maximum Gasteiger partial charge on any atom is 0.404 e. The van der Waals surface area contributed by atoms with Crippen LogP contribution in [0.3, 0.4) is 0 Å². The molecule has 1 aliphatic rings. The number of carbonyl (C=O) groups is 1. The summed E-state index contributed by atoms with van der Waals surface area (Å²) >= 11 is 0. The molecule has 2 atom stereocenters. The molecule has 1 amide bonds. The van der Waals surface area contributed by atoms with Crippen LogP contribution in [0.2, 0.25) is 0 Å². The highest BCUT2D eigenvalue weighted by Gasteiger charge is 2.27. The standard InChI is InChI=1S/C33H42N2O7/c1-38-30-9-4-3-8-27(30)24-39-19-6-20-40-28-13-11-25(12-14-28)29-16-17-34-23-32(29)42-22-21-41-31-10-5-2-7-26(31)15-18-35-33(36)37/h2-5,7-14,29,32,34-35H,6,15-24H2,1H3,(H,36,37). The number of piperidine rings is 1. The zero-order chi connectivity index (χ0) is 29.4. The number of nitrogens with one attached hydrogen (secondary N) is 2. The van der Waals surface area contributed by atoms with E-state index in [2.05, 4.69) is 22.8 Å². The first-order valence-corrected chi connectivity index (χ1v) is 14.6. The van der Waals surface area contributed by atoms with Crippen LogP contribution in [0, 0.1) is 0 Å². The first-order chi connectivity index (χ1) is 20.6. The Morgan fingerprint density at radius 1 is 0.905 bits per heavy atom. The van der Waals surface area contributed by atoms with Crippen LogP contribution in [0.15, 0.2) is 72.8 Å². The molecule has 3 aromatic carbocycles. The van der Waals surface area contributed by atoms with Crippen molar-refractivity contribution >= 4 is 6.09 Å².